The second-order valence-corrected chi connectivity index (χ2v) is 6.62. The van der Waals surface area contributed by atoms with Gasteiger partial charge in [-0.25, -0.2) is 0 Å². The zero-order chi connectivity index (χ0) is 14.1. The summed E-state index contributed by atoms with van der Waals surface area (Å²) in [6.45, 7) is 1.02. The van der Waals surface area contributed by atoms with Crippen molar-refractivity contribution in [3.8, 4) is 0 Å². The number of rotatable bonds is 5. The van der Waals surface area contributed by atoms with E-state index in [1.54, 1.807) is 0 Å². The first-order valence-electron chi connectivity index (χ1n) is 7.90. The number of fused-ring (bicyclic) bond motifs is 1. The highest BCUT2D eigenvalue weighted by Gasteiger charge is 2.45. The highest BCUT2D eigenvalue weighted by atomic mass is 16.4. The Bertz CT molecular complexity index is 395. The van der Waals surface area contributed by atoms with Gasteiger partial charge < -0.3 is 10.4 Å². The van der Waals surface area contributed by atoms with Gasteiger partial charge in [0.15, 0.2) is 0 Å². The second-order valence-electron chi connectivity index (χ2n) is 6.62. The molecule has 20 heavy (non-hydrogen) atoms. The molecule has 2 N–H and O–H groups in total. The number of likely N-dealkylation sites (tertiary alicyclic amines) is 1. The maximum atomic E-state index is 12.0. The lowest BCUT2D eigenvalue weighted by molar-refractivity contribution is -0.143. The van der Waals surface area contributed by atoms with E-state index in [-0.39, 0.29) is 12.5 Å². The van der Waals surface area contributed by atoms with Crippen molar-refractivity contribution >= 4 is 11.9 Å². The molecule has 1 amide bonds. The van der Waals surface area contributed by atoms with Gasteiger partial charge in [0.1, 0.15) is 6.04 Å². The zero-order valence-corrected chi connectivity index (χ0v) is 11.9. The quantitative estimate of drug-likeness (QED) is 0.794. The van der Waals surface area contributed by atoms with Gasteiger partial charge in [-0.15, -0.1) is 0 Å². The Morgan fingerprint density at radius 1 is 1.15 bits per heavy atom. The molecular formula is C15H24N2O3. The molecule has 0 aromatic heterocycles. The molecular weight excluding hydrogens is 256 g/mol. The summed E-state index contributed by atoms with van der Waals surface area (Å²) in [4.78, 5) is 25.4. The SMILES string of the molecule is O=C(CN1[C@H](C(=O)O)C[C@@H]2CCCC[C@@H]21)NCC1CC1. The number of hydrogen-bond acceptors (Lipinski definition) is 3. The summed E-state index contributed by atoms with van der Waals surface area (Å²) >= 11 is 0. The van der Waals surface area contributed by atoms with Crippen molar-refractivity contribution in [2.45, 2.75) is 57.0 Å². The molecule has 112 valence electrons. The van der Waals surface area contributed by atoms with Crippen LogP contribution in [0.5, 0.6) is 0 Å². The van der Waals surface area contributed by atoms with Gasteiger partial charge >= 0.3 is 5.97 Å². The number of carbonyl (C=O) groups is 2. The van der Waals surface area contributed by atoms with E-state index in [4.69, 9.17) is 0 Å². The molecule has 0 bridgehead atoms. The fourth-order valence-electron chi connectivity index (χ4n) is 3.82. The fraction of sp³-hybridized carbons (Fsp3) is 0.867. The molecule has 0 radical (unpaired) electrons. The molecule has 0 aromatic carbocycles. The number of carbonyl (C=O) groups excluding carboxylic acids is 1. The molecule has 3 fully saturated rings. The molecule has 3 atom stereocenters. The number of aliphatic carboxylic acids is 1. The Morgan fingerprint density at radius 3 is 2.60 bits per heavy atom. The topological polar surface area (TPSA) is 69.6 Å². The van der Waals surface area contributed by atoms with E-state index in [1.807, 2.05) is 4.90 Å². The van der Waals surface area contributed by atoms with Gasteiger partial charge in [0.2, 0.25) is 5.91 Å². The van der Waals surface area contributed by atoms with Crippen molar-refractivity contribution in [1.82, 2.24) is 10.2 Å². The molecule has 3 rings (SSSR count). The van der Waals surface area contributed by atoms with Crippen molar-refractivity contribution in [2.75, 3.05) is 13.1 Å². The fourth-order valence-corrected chi connectivity index (χ4v) is 3.82. The van der Waals surface area contributed by atoms with Crippen molar-refractivity contribution in [2.24, 2.45) is 11.8 Å². The molecule has 1 saturated heterocycles. The van der Waals surface area contributed by atoms with E-state index in [0.717, 1.165) is 32.2 Å². The van der Waals surface area contributed by atoms with Crippen molar-refractivity contribution in [3.63, 3.8) is 0 Å². The van der Waals surface area contributed by atoms with Gasteiger partial charge in [0.25, 0.3) is 0 Å². The van der Waals surface area contributed by atoms with Crippen LogP contribution in [0, 0.1) is 11.8 Å². The minimum absolute atomic E-state index is 0.00521. The third kappa shape index (κ3) is 2.97. The molecule has 2 aliphatic carbocycles. The average Bonchev–Trinajstić information content (AvgIpc) is 3.19. The third-order valence-corrected chi connectivity index (χ3v) is 5.12. The van der Waals surface area contributed by atoms with E-state index in [2.05, 4.69) is 5.32 Å². The summed E-state index contributed by atoms with van der Waals surface area (Å²) in [6, 6.07) is -0.161. The smallest absolute Gasteiger partial charge is 0.320 e. The number of nitrogens with zero attached hydrogens (tertiary/aromatic N) is 1. The van der Waals surface area contributed by atoms with Crippen LogP contribution in [0.4, 0.5) is 0 Å². The van der Waals surface area contributed by atoms with Crippen molar-refractivity contribution < 1.29 is 14.7 Å². The first-order chi connectivity index (χ1) is 9.65. The Labute approximate surface area is 119 Å². The summed E-state index contributed by atoms with van der Waals surface area (Å²) in [5.74, 6) is 0.361. The minimum atomic E-state index is -0.769. The summed E-state index contributed by atoms with van der Waals surface area (Å²) < 4.78 is 0. The van der Waals surface area contributed by atoms with E-state index in [9.17, 15) is 14.7 Å². The average molecular weight is 280 g/mol. The van der Waals surface area contributed by atoms with Crippen LogP contribution in [0.3, 0.4) is 0 Å². The van der Waals surface area contributed by atoms with Gasteiger partial charge in [0, 0.05) is 12.6 Å². The third-order valence-electron chi connectivity index (χ3n) is 5.12. The lowest BCUT2D eigenvalue weighted by atomic mass is 9.85. The van der Waals surface area contributed by atoms with Crippen molar-refractivity contribution in [3.05, 3.63) is 0 Å². The van der Waals surface area contributed by atoms with Crippen LogP contribution in [-0.2, 0) is 9.59 Å². The van der Waals surface area contributed by atoms with Crippen LogP contribution in [0.25, 0.3) is 0 Å². The normalized spacial score (nSPS) is 33.7. The van der Waals surface area contributed by atoms with Crippen LogP contribution in [0.1, 0.15) is 44.9 Å². The van der Waals surface area contributed by atoms with Crippen LogP contribution in [0.2, 0.25) is 0 Å². The maximum absolute atomic E-state index is 12.0. The highest BCUT2D eigenvalue weighted by Crippen LogP contribution is 2.39. The standard InChI is InChI=1S/C15H24N2O3/c18-14(16-8-10-5-6-10)9-17-12-4-2-1-3-11(12)7-13(17)15(19)20/h10-13H,1-9H2,(H,16,18)(H,19,20)/t11-,12-,13-/m0/s1. The van der Waals surface area contributed by atoms with Gasteiger partial charge in [-0.3, -0.25) is 14.5 Å². The maximum Gasteiger partial charge on any atom is 0.320 e. The molecule has 5 heteroatoms. The highest BCUT2D eigenvalue weighted by molar-refractivity contribution is 5.80. The van der Waals surface area contributed by atoms with Crippen LogP contribution < -0.4 is 5.32 Å². The summed E-state index contributed by atoms with van der Waals surface area (Å²) in [6.07, 6.45) is 7.68. The molecule has 5 nitrogen and oxygen atoms in total. The van der Waals surface area contributed by atoms with E-state index >= 15 is 0 Å². The molecule has 3 aliphatic rings. The van der Waals surface area contributed by atoms with Crippen LogP contribution >= 0.6 is 0 Å². The van der Waals surface area contributed by atoms with Gasteiger partial charge in [-0.2, -0.15) is 0 Å². The van der Waals surface area contributed by atoms with Crippen molar-refractivity contribution in [1.29, 1.82) is 0 Å². The largest absolute Gasteiger partial charge is 0.480 e. The second kappa shape index (κ2) is 5.72. The Balaban J connectivity index is 1.60. The number of carboxylic acids is 1. The summed E-state index contributed by atoms with van der Waals surface area (Å²) in [5.41, 5.74) is 0. The number of carboxylic acid groups (broad SMARTS) is 1. The monoisotopic (exact) mass is 280 g/mol. The molecule has 0 spiro atoms. The van der Waals surface area contributed by atoms with Gasteiger partial charge in [0.05, 0.1) is 6.54 Å². The predicted octanol–water partition coefficient (Wildman–Crippen LogP) is 1.23. The van der Waals surface area contributed by atoms with Gasteiger partial charge in [-0.1, -0.05) is 12.8 Å². The van der Waals surface area contributed by atoms with Crippen LogP contribution in [-0.4, -0.2) is 47.1 Å². The summed E-state index contributed by atoms with van der Waals surface area (Å²) in [7, 11) is 0. The Hall–Kier alpha value is -1.10. The minimum Gasteiger partial charge on any atom is -0.480 e. The van der Waals surface area contributed by atoms with E-state index in [0.29, 0.717) is 17.9 Å². The lowest BCUT2D eigenvalue weighted by Crippen LogP contribution is -2.47. The number of hydrogen-bond donors (Lipinski definition) is 2. The van der Waals surface area contributed by atoms with Crippen LogP contribution in [0.15, 0.2) is 0 Å². The number of nitrogens with one attached hydrogen (secondary N) is 1. The molecule has 1 heterocycles. The molecule has 1 aliphatic heterocycles. The Morgan fingerprint density at radius 2 is 1.90 bits per heavy atom. The zero-order valence-electron chi connectivity index (χ0n) is 11.9. The van der Waals surface area contributed by atoms with E-state index < -0.39 is 12.0 Å². The predicted molar refractivity (Wildman–Crippen MR) is 74.2 cm³/mol. The first-order valence-corrected chi connectivity index (χ1v) is 7.90. The summed E-state index contributed by atoms with van der Waals surface area (Å²) in [5, 5.41) is 12.4. The molecule has 2 saturated carbocycles. The lowest BCUT2D eigenvalue weighted by Gasteiger charge is -2.32. The molecule has 0 unspecified atom stereocenters. The number of amides is 1. The molecule has 0 aromatic rings. The van der Waals surface area contributed by atoms with Gasteiger partial charge in [-0.05, 0) is 43.9 Å². The van der Waals surface area contributed by atoms with E-state index in [1.165, 1.54) is 19.3 Å². The first kappa shape index (κ1) is 13.9. The Kier molecular flexibility index (Phi) is 3.96.